The highest BCUT2D eigenvalue weighted by Crippen LogP contribution is 2.31. The number of ether oxygens (including phenoxy) is 1. The SMILES string of the molecule is COc1ccc(F)cc1-c1csc(CCCO)n1. The normalized spacial score (nSPS) is 10.6. The zero-order valence-electron chi connectivity index (χ0n) is 10.0. The second kappa shape index (κ2) is 5.93. The van der Waals surface area contributed by atoms with E-state index in [0.717, 1.165) is 11.4 Å². The third-order valence-electron chi connectivity index (χ3n) is 2.54. The highest BCUT2D eigenvalue weighted by molar-refractivity contribution is 7.09. The number of hydrogen-bond donors (Lipinski definition) is 1. The van der Waals surface area contributed by atoms with E-state index >= 15 is 0 Å². The van der Waals surface area contributed by atoms with Crippen LogP contribution in [-0.2, 0) is 6.42 Å². The monoisotopic (exact) mass is 267 g/mol. The van der Waals surface area contributed by atoms with Crippen molar-refractivity contribution >= 4 is 11.3 Å². The number of nitrogens with zero attached hydrogens (tertiary/aromatic N) is 1. The van der Waals surface area contributed by atoms with E-state index < -0.39 is 0 Å². The number of aliphatic hydroxyl groups excluding tert-OH is 1. The summed E-state index contributed by atoms with van der Waals surface area (Å²) >= 11 is 1.51. The maximum atomic E-state index is 13.3. The molecule has 0 saturated heterocycles. The molecule has 1 heterocycles. The van der Waals surface area contributed by atoms with Crippen LogP contribution >= 0.6 is 11.3 Å². The summed E-state index contributed by atoms with van der Waals surface area (Å²) in [7, 11) is 1.55. The van der Waals surface area contributed by atoms with E-state index in [0.29, 0.717) is 23.4 Å². The fourth-order valence-corrected chi connectivity index (χ4v) is 2.50. The molecule has 2 rings (SSSR count). The summed E-state index contributed by atoms with van der Waals surface area (Å²) in [5, 5.41) is 11.6. The van der Waals surface area contributed by atoms with Crippen molar-refractivity contribution in [2.24, 2.45) is 0 Å². The van der Waals surface area contributed by atoms with Crippen molar-refractivity contribution in [1.82, 2.24) is 4.98 Å². The molecule has 5 heteroatoms. The minimum atomic E-state index is -0.310. The Kier molecular flexibility index (Phi) is 4.28. The van der Waals surface area contributed by atoms with Gasteiger partial charge < -0.3 is 9.84 Å². The van der Waals surface area contributed by atoms with Gasteiger partial charge in [0.15, 0.2) is 0 Å². The van der Waals surface area contributed by atoms with Crippen LogP contribution in [0.2, 0.25) is 0 Å². The molecule has 1 aromatic carbocycles. The lowest BCUT2D eigenvalue weighted by molar-refractivity contribution is 0.288. The average molecular weight is 267 g/mol. The van der Waals surface area contributed by atoms with Crippen LogP contribution in [0.15, 0.2) is 23.6 Å². The first-order valence-electron chi connectivity index (χ1n) is 5.63. The summed E-state index contributed by atoms with van der Waals surface area (Å²) in [5.41, 5.74) is 1.37. The standard InChI is InChI=1S/C13H14FNO2S/c1-17-12-5-4-9(14)7-10(12)11-8-18-13(15-11)3-2-6-16/h4-5,7-8,16H,2-3,6H2,1H3. The van der Waals surface area contributed by atoms with Crippen molar-refractivity contribution in [3.05, 3.63) is 34.4 Å². The Hall–Kier alpha value is -1.46. The number of halogens is 1. The maximum absolute atomic E-state index is 13.3. The summed E-state index contributed by atoms with van der Waals surface area (Å²) in [6.45, 7) is 0.151. The van der Waals surface area contributed by atoms with Crippen molar-refractivity contribution in [3.8, 4) is 17.0 Å². The number of thiazole rings is 1. The molecule has 0 aliphatic rings. The lowest BCUT2D eigenvalue weighted by atomic mass is 10.1. The molecule has 0 spiro atoms. The Morgan fingerprint density at radius 2 is 2.28 bits per heavy atom. The van der Waals surface area contributed by atoms with Gasteiger partial charge in [0, 0.05) is 24.0 Å². The number of aliphatic hydroxyl groups is 1. The van der Waals surface area contributed by atoms with Crippen LogP contribution in [0.25, 0.3) is 11.3 Å². The van der Waals surface area contributed by atoms with Crippen LogP contribution in [0, 0.1) is 5.82 Å². The predicted molar refractivity (Wildman–Crippen MR) is 69.5 cm³/mol. The Labute approximate surface area is 109 Å². The largest absolute Gasteiger partial charge is 0.496 e. The molecule has 18 heavy (non-hydrogen) atoms. The lowest BCUT2D eigenvalue weighted by Gasteiger charge is -2.05. The van der Waals surface area contributed by atoms with Gasteiger partial charge in [-0.1, -0.05) is 0 Å². The maximum Gasteiger partial charge on any atom is 0.128 e. The van der Waals surface area contributed by atoms with Gasteiger partial charge >= 0.3 is 0 Å². The van der Waals surface area contributed by atoms with E-state index in [1.165, 1.54) is 23.5 Å². The van der Waals surface area contributed by atoms with Gasteiger partial charge in [0.25, 0.3) is 0 Å². The smallest absolute Gasteiger partial charge is 0.128 e. The Balaban J connectivity index is 2.30. The van der Waals surface area contributed by atoms with E-state index in [1.807, 2.05) is 5.38 Å². The first-order chi connectivity index (χ1) is 8.74. The summed E-state index contributed by atoms with van der Waals surface area (Å²) in [4.78, 5) is 4.43. The molecular formula is C13H14FNO2S. The first kappa shape index (κ1) is 13.0. The van der Waals surface area contributed by atoms with Crippen molar-refractivity contribution < 1.29 is 14.2 Å². The highest BCUT2D eigenvalue weighted by Gasteiger charge is 2.11. The van der Waals surface area contributed by atoms with E-state index in [4.69, 9.17) is 9.84 Å². The number of hydrogen-bond acceptors (Lipinski definition) is 4. The number of aryl methyl sites for hydroxylation is 1. The van der Waals surface area contributed by atoms with Crippen LogP contribution in [0.4, 0.5) is 4.39 Å². The lowest BCUT2D eigenvalue weighted by Crippen LogP contribution is -1.91. The third-order valence-corrected chi connectivity index (χ3v) is 3.45. The van der Waals surface area contributed by atoms with Gasteiger partial charge in [-0.2, -0.15) is 0 Å². The van der Waals surface area contributed by atoms with Gasteiger partial charge in [0.2, 0.25) is 0 Å². The third kappa shape index (κ3) is 2.86. The summed E-state index contributed by atoms with van der Waals surface area (Å²) in [6, 6.07) is 4.38. The summed E-state index contributed by atoms with van der Waals surface area (Å²) < 4.78 is 18.5. The molecule has 0 unspecified atom stereocenters. The van der Waals surface area contributed by atoms with Crippen molar-refractivity contribution in [3.63, 3.8) is 0 Å². The molecule has 0 aliphatic heterocycles. The molecule has 1 aromatic heterocycles. The molecule has 1 N–H and O–H groups in total. The Morgan fingerprint density at radius 1 is 1.44 bits per heavy atom. The molecule has 96 valence electrons. The second-order valence-electron chi connectivity index (χ2n) is 3.80. The van der Waals surface area contributed by atoms with Crippen LogP contribution in [0.5, 0.6) is 5.75 Å². The molecule has 0 radical (unpaired) electrons. The fourth-order valence-electron chi connectivity index (χ4n) is 1.66. The van der Waals surface area contributed by atoms with Crippen LogP contribution in [0.3, 0.4) is 0 Å². The molecule has 0 aliphatic carbocycles. The first-order valence-corrected chi connectivity index (χ1v) is 6.51. The number of benzene rings is 1. The number of rotatable bonds is 5. The van der Waals surface area contributed by atoms with E-state index in [-0.39, 0.29) is 12.4 Å². The molecule has 0 bridgehead atoms. The van der Waals surface area contributed by atoms with Crippen molar-refractivity contribution in [2.75, 3.05) is 13.7 Å². The van der Waals surface area contributed by atoms with Crippen LogP contribution in [-0.4, -0.2) is 23.8 Å². The van der Waals surface area contributed by atoms with Crippen LogP contribution in [0.1, 0.15) is 11.4 Å². The van der Waals surface area contributed by atoms with E-state index in [9.17, 15) is 4.39 Å². The summed E-state index contributed by atoms with van der Waals surface area (Å²) in [6.07, 6.45) is 1.42. The van der Waals surface area contributed by atoms with Gasteiger partial charge in [-0.15, -0.1) is 11.3 Å². The average Bonchev–Trinajstić information content (AvgIpc) is 2.85. The molecule has 3 nitrogen and oxygen atoms in total. The Morgan fingerprint density at radius 3 is 3.00 bits per heavy atom. The van der Waals surface area contributed by atoms with E-state index in [2.05, 4.69) is 4.98 Å². The zero-order valence-corrected chi connectivity index (χ0v) is 10.8. The Bertz CT molecular complexity index is 527. The second-order valence-corrected chi connectivity index (χ2v) is 4.74. The molecule has 0 amide bonds. The molecule has 0 saturated carbocycles. The van der Waals surface area contributed by atoms with Gasteiger partial charge in [-0.25, -0.2) is 9.37 Å². The van der Waals surface area contributed by atoms with Crippen LogP contribution < -0.4 is 4.74 Å². The van der Waals surface area contributed by atoms with Gasteiger partial charge in [0.05, 0.1) is 17.8 Å². The van der Waals surface area contributed by atoms with Gasteiger partial charge in [0.1, 0.15) is 11.6 Å². The molecule has 0 atom stereocenters. The topological polar surface area (TPSA) is 42.4 Å². The molecule has 0 fully saturated rings. The van der Waals surface area contributed by atoms with E-state index in [1.54, 1.807) is 13.2 Å². The van der Waals surface area contributed by atoms with Gasteiger partial charge in [-0.3, -0.25) is 0 Å². The minimum Gasteiger partial charge on any atom is -0.496 e. The number of methoxy groups -OCH3 is 1. The molecule has 2 aromatic rings. The van der Waals surface area contributed by atoms with Crippen molar-refractivity contribution in [2.45, 2.75) is 12.8 Å². The summed E-state index contributed by atoms with van der Waals surface area (Å²) in [5.74, 6) is 0.297. The predicted octanol–water partition coefficient (Wildman–Crippen LogP) is 2.88. The quantitative estimate of drug-likeness (QED) is 0.905. The van der Waals surface area contributed by atoms with Gasteiger partial charge in [-0.05, 0) is 24.6 Å². The number of aromatic nitrogens is 1. The zero-order chi connectivity index (χ0) is 13.0. The highest BCUT2D eigenvalue weighted by atomic mass is 32.1. The fraction of sp³-hybridized carbons (Fsp3) is 0.308. The minimum absolute atomic E-state index is 0.151. The molecular weight excluding hydrogens is 253 g/mol. The van der Waals surface area contributed by atoms with Crippen molar-refractivity contribution in [1.29, 1.82) is 0 Å².